The van der Waals surface area contributed by atoms with Crippen molar-refractivity contribution in [2.45, 2.75) is 5.56 Å². The number of halogens is 5. The molecule has 5 aromatic rings. The zero-order valence-electron chi connectivity index (χ0n) is 22.8. The molecule has 1 unspecified atom stereocenters. The zero-order chi connectivity index (χ0) is 31.2. The fraction of sp³-hybridized carbons (Fsp3) is 0.0571. The minimum absolute atomic E-state index is 0.264. The molecule has 1 atom stereocenters. The largest absolute Gasteiger partial charge is 0.490 e. The monoisotopic (exact) mass is 682 g/mol. The van der Waals surface area contributed by atoms with Crippen LogP contribution in [0.2, 0.25) is 20.1 Å². The van der Waals surface area contributed by atoms with Gasteiger partial charge in [-0.15, -0.1) is 0 Å². The Kier molecular flexibility index (Phi) is 10.4. The van der Waals surface area contributed by atoms with Crippen molar-refractivity contribution in [3.8, 4) is 33.8 Å². The minimum Gasteiger partial charge on any atom is -0.490 e. The fourth-order valence-corrected chi connectivity index (χ4v) is 5.69. The van der Waals surface area contributed by atoms with Crippen LogP contribution in [0.5, 0.6) is 11.5 Å². The quantitative estimate of drug-likeness (QED) is 0.149. The Labute approximate surface area is 279 Å². The lowest BCUT2D eigenvalue weighted by molar-refractivity contribution is -0.141. The van der Waals surface area contributed by atoms with Crippen molar-refractivity contribution in [2.75, 3.05) is 6.61 Å². The standard InChI is InChI=1S/C35H23Cl5O4/c36-27-15-25(16-28(37)19-27)21-1-5-23(6-2-21)33(13-14-43-31-9-11-32(12-10-31)44-34(40)35(41)42)24-7-3-22(4-8-24)26-17-29(38)20-30(39)18-26/h1-13,15-20,34H,14H2,(H,41,42). The molecular weight excluding hydrogens is 662 g/mol. The van der Waals surface area contributed by atoms with Crippen LogP contribution < -0.4 is 9.47 Å². The molecule has 0 bridgehead atoms. The molecule has 0 saturated carbocycles. The maximum atomic E-state index is 10.9. The molecule has 5 rings (SSSR count). The van der Waals surface area contributed by atoms with E-state index in [-0.39, 0.29) is 6.61 Å². The summed E-state index contributed by atoms with van der Waals surface area (Å²) in [6.07, 6.45) is 2.00. The van der Waals surface area contributed by atoms with Crippen molar-refractivity contribution in [3.63, 3.8) is 0 Å². The molecular formula is C35H23Cl5O4. The summed E-state index contributed by atoms with van der Waals surface area (Å²) in [4.78, 5) is 10.9. The van der Waals surface area contributed by atoms with Gasteiger partial charge in [-0.2, -0.15) is 0 Å². The number of benzene rings is 5. The molecule has 1 N–H and O–H groups in total. The minimum atomic E-state index is -1.48. The Morgan fingerprint density at radius 2 is 1.02 bits per heavy atom. The van der Waals surface area contributed by atoms with E-state index < -0.39 is 11.5 Å². The van der Waals surface area contributed by atoms with Crippen LogP contribution in [0.1, 0.15) is 11.1 Å². The van der Waals surface area contributed by atoms with Gasteiger partial charge in [0.15, 0.2) is 0 Å². The van der Waals surface area contributed by atoms with E-state index in [1.165, 1.54) is 0 Å². The molecule has 0 aliphatic rings. The van der Waals surface area contributed by atoms with Crippen LogP contribution in [-0.4, -0.2) is 23.2 Å². The highest BCUT2D eigenvalue weighted by Crippen LogP contribution is 2.32. The smallest absolute Gasteiger partial charge is 0.360 e. The maximum absolute atomic E-state index is 10.9. The normalized spacial score (nSPS) is 11.5. The van der Waals surface area contributed by atoms with Gasteiger partial charge < -0.3 is 14.6 Å². The number of carboxylic acids is 1. The van der Waals surface area contributed by atoms with Crippen molar-refractivity contribution in [1.29, 1.82) is 0 Å². The SMILES string of the molecule is O=C(O)C(Cl)Oc1ccc(OCC=C(c2ccc(-c3cc(Cl)cc(Cl)c3)cc2)c2ccc(-c3cc(Cl)cc(Cl)c3)cc2)cc1. The molecule has 9 heteroatoms. The van der Waals surface area contributed by atoms with Crippen molar-refractivity contribution in [3.05, 3.63) is 146 Å². The van der Waals surface area contributed by atoms with Gasteiger partial charge >= 0.3 is 5.97 Å². The number of alkyl halides is 1. The third-order valence-corrected chi connectivity index (χ3v) is 7.73. The summed E-state index contributed by atoms with van der Waals surface area (Å²) in [7, 11) is 0. The maximum Gasteiger partial charge on any atom is 0.360 e. The van der Waals surface area contributed by atoms with Gasteiger partial charge in [-0.05, 0) is 106 Å². The zero-order valence-corrected chi connectivity index (χ0v) is 26.6. The molecule has 0 heterocycles. The van der Waals surface area contributed by atoms with E-state index >= 15 is 0 Å². The molecule has 0 aromatic heterocycles. The molecule has 222 valence electrons. The highest BCUT2D eigenvalue weighted by atomic mass is 35.5. The van der Waals surface area contributed by atoms with Gasteiger partial charge in [0.05, 0.1) is 0 Å². The first-order chi connectivity index (χ1) is 21.1. The Morgan fingerprint density at radius 1 is 0.614 bits per heavy atom. The van der Waals surface area contributed by atoms with Crippen LogP contribution in [0.4, 0.5) is 0 Å². The second-order valence-electron chi connectivity index (χ2n) is 9.64. The van der Waals surface area contributed by atoms with Gasteiger partial charge in [0, 0.05) is 20.1 Å². The number of hydrogen-bond donors (Lipinski definition) is 1. The number of carboxylic acid groups (broad SMARTS) is 1. The predicted octanol–water partition coefficient (Wildman–Crippen LogP) is 11.2. The number of rotatable bonds is 10. The summed E-state index contributed by atoms with van der Waals surface area (Å²) in [6, 6.07) is 33.7. The van der Waals surface area contributed by atoms with Crippen molar-refractivity contribution >= 4 is 69.5 Å². The van der Waals surface area contributed by atoms with Crippen molar-refractivity contribution in [2.24, 2.45) is 0 Å². The first-order valence-electron chi connectivity index (χ1n) is 13.2. The van der Waals surface area contributed by atoms with Gasteiger partial charge in [-0.25, -0.2) is 4.79 Å². The number of hydrogen-bond acceptors (Lipinski definition) is 3. The van der Waals surface area contributed by atoms with E-state index in [1.54, 1.807) is 36.4 Å². The molecule has 0 fully saturated rings. The first-order valence-corrected chi connectivity index (χ1v) is 15.2. The lowest BCUT2D eigenvalue weighted by atomic mass is 9.94. The second kappa shape index (κ2) is 14.4. The summed E-state index contributed by atoms with van der Waals surface area (Å²) in [5, 5.41) is 11.2. The average molecular weight is 685 g/mol. The van der Waals surface area contributed by atoms with E-state index in [1.807, 2.05) is 78.9 Å². The second-order valence-corrected chi connectivity index (χ2v) is 11.8. The summed E-state index contributed by atoms with van der Waals surface area (Å²) in [5.41, 5.74) is 5.24. The lowest BCUT2D eigenvalue weighted by Gasteiger charge is -2.13. The summed E-state index contributed by atoms with van der Waals surface area (Å²) in [6.45, 7) is 0.264. The topological polar surface area (TPSA) is 55.8 Å². The highest BCUT2D eigenvalue weighted by molar-refractivity contribution is 6.35. The predicted molar refractivity (Wildman–Crippen MR) is 181 cm³/mol. The molecule has 0 radical (unpaired) electrons. The molecule has 5 aromatic carbocycles. The van der Waals surface area contributed by atoms with Gasteiger partial charge in [-0.3, -0.25) is 0 Å². The lowest BCUT2D eigenvalue weighted by Crippen LogP contribution is -2.20. The molecule has 0 aliphatic heterocycles. The molecule has 0 spiro atoms. The van der Waals surface area contributed by atoms with Crippen LogP contribution in [0.15, 0.2) is 115 Å². The van der Waals surface area contributed by atoms with Gasteiger partial charge in [0.25, 0.3) is 5.56 Å². The third-order valence-electron chi connectivity index (χ3n) is 6.58. The molecule has 0 amide bonds. The number of aliphatic carboxylic acids is 1. The molecule has 0 aliphatic carbocycles. The van der Waals surface area contributed by atoms with Crippen LogP contribution in [-0.2, 0) is 4.79 Å². The summed E-state index contributed by atoms with van der Waals surface area (Å²) >= 11 is 30.6. The first kappa shape index (κ1) is 31.8. The molecule has 0 saturated heterocycles. The van der Waals surface area contributed by atoms with E-state index in [2.05, 4.69) is 0 Å². The van der Waals surface area contributed by atoms with Gasteiger partial charge in [0.2, 0.25) is 0 Å². The Balaban J connectivity index is 1.41. The van der Waals surface area contributed by atoms with Gasteiger partial charge in [-0.1, -0.05) is 107 Å². The van der Waals surface area contributed by atoms with Crippen LogP contribution >= 0.6 is 58.0 Å². The van der Waals surface area contributed by atoms with E-state index in [4.69, 9.17) is 72.6 Å². The molecule has 4 nitrogen and oxygen atoms in total. The average Bonchev–Trinajstić information content (AvgIpc) is 2.99. The van der Waals surface area contributed by atoms with Crippen LogP contribution in [0.3, 0.4) is 0 Å². The summed E-state index contributed by atoms with van der Waals surface area (Å²) < 4.78 is 11.2. The van der Waals surface area contributed by atoms with E-state index in [0.29, 0.717) is 31.6 Å². The van der Waals surface area contributed by atoms with Crippen molar-refractivity contribution in [1.82, 2.24) is 0 Å². The Hall–Kier alpha value is -3.64. The number of ether oxygens (including phenoxy) is 2. The molecule has 44 heavy (non-hydrogen) atoms. The Morgan fingerprint density at radius 3 is 1.43 bits per heavy atom. The van der Waals surface area contributed by atoms with E-state index in [9.17, 15) is 4.79 Å². The summed E-state index contributed by atoms with van der Waals surface area (Å²) in [5.74, 6) is -0.368. The van der Waals surface area contributed by atoms with Crippen molar-refractivity contribution < 1.29 is 19.4 Å². The van der Waals surface area contributed by atoms with Crippen LogP contribution in [0.25, 0.3) is 27.8 Å². The van der Waals surface area contributed by atoms with Gasteiger partial charge in [0.1, 0.15) is 18.1 Å². The van der Waals surface area contributed by atoms with E-state index in [0.717, 1.165) is 39.0 Å². The Bertz CT molecular complexity index is 1660. The fourth-order valence-electron chi connectivity index (χ4n) is 4.53. The van der Waals surface area contributed by atoms with Crippen LogP contribution in [0, 0.1) is 0 Å². The third kappa shape index (κ3) is 8.29. The number of carbonyl (C=O) groups is 1. The highest BCUT2D eigenvalue weighted by Gasteiger charge is 2.15.